The van der Waals surface area contributed by atoms with Crippen molar-refractivity contribution in [1.29, 1.82) is 0 Å². The van der Waals surface area contributed by atoms with E-state index in [0.717, 1.165) is 19.4 Å². The first-order valence-corrected chi connectivity index (χ1v) is 8.28. The maximum atomic E-state index is 12.3. The Labute approximate surface area is 145 Å². The highest BCUT2D eigenvalue weighted by molar-refractivity contribution is 6.31. The minimum absolute atomic E-state index is 0.0628. The van der Waals surface area contributed by atoms with Gasteiger partial charge >= 0.3 is 0 Å². The molecule has 2 atom stereocenters. The number of hydrogen-bond acceptors (Lipinski definition) is 5. The number of halogens is 1. The maximum absolute atomic E-state index is 12.3. The van der Waals surface area contributed by atoms with Crippen LogP contribution >= 0.6 is 11.6 Å². The van der Waals surface area contributed by atoms with E-state index < -0.39 is 12.0 Å². The lowest BCUT2D eigenvalue weighted by Crippen LogP contribution is -2.49. The van der Waals surface area contributed by atoms with Gasteiger partial charge in [-0.2, -0.15) is 0 Å². The van der Waals surface area contributed by atoms with Gasteiger partial charge < -0.3 is 15.3 Å². The van der Waals surface area contributed by atoms with Crippen molar-refractivity contribution in [3.05, 3.63) is 53.3 Å². The molecule has 0 bridgehead atoms. The predicted molar refractivity (Wildman–Crippen MR) is 91.8 cm³/mol. The van der Waals surface area contributed by atoms with E-state index in [2.05, 4.69) is 15.3 Å². The minimum Gasteiger partial charge on any atom is -0.378 e. The number of benzene rings is 1. The first-order chi connectivity index (χ1) is 11.6. The molecule has 7 heteroatoms. The number of amides is 1. The second-order valence-corrected chi connectivity index (χ2v) is 6.17. The Morgan fingerprint density at radius 3 is 2.79 bits per heavy atom. The molecule has 0 unspecified atom stereocenters. The van der Waals surface area contributed by atoms with Crippen LogP contribution in [0.2, 0.25) is 5.02 Å². The zero-order valence-electron chi connectivity index (χ0n) is 13.1. The van der Waals surface area contributed by atoms with Crippen molar-refractivity contribution in [2.45, 2.75) is 25.0 Å². The lowest BCUT2D eigenvalue weighted by molar-refractivity contribution is -0.130. The fraction of sp³-hybridized carbons (Fsp3) is 0.353. The summed E-state index contributed by atoms with van der Waals surface area (Å²) in [6.45, 7) is 1.47. The largest absolute Gasteiger partial charge is 0.378 e. The Morgan fingerprint density at radius 1 is 1.29 bits per heavy atom. The number of aromatic nitrogens is 2. The van der Waals surface area contributed by atoms with Gasteiger partial charge in [0.05, 0.1) is 0 Å². The van der Waals surface area contributed by atoms with Gasteiger partial charge in [-0.1, -0.05) is 29.8 Å². The van der Waals surface area contributed by atoms with Crippen LogP contribution in [-0.4, -0.2) is 40.1 Å². The summed E-state index contributed by atoms with van der Waals surface area (Å²) in [5.74, 6) is 0.215. The molecular weight excluding hydrogens is 328 g/mol. The predicted octanol–water partition coefficient (Wildman–Crippen LogP) is 1.95. The quantitative estimate of drug-likeness (QED) is 0.884. The number of hydrogen-bond donors (Lipinski definition) is 2. The van der Waals surface area contributed by atoms with Gasteiger partial charge in [0.2, 0.25) is 5.95 Å². The standard InChI is InChI=1S/C17H19ClN4O2/c18-14-7-2-1-6-13(14)15(23)16(24)21-12-5-3-10-22(11-12)17-19-8-4-9-20-17/h1-2,4,6-9,12,15,23H,3,5,10-11H2,(H,21,24)/t12-,15+/m0/s1. The second-order valence-electron chi connectivity index (χ2n) is 5.77. The molecule has 1 aliphatic heterocycles. The number of nitrogens with zero attached hydrogens (tertiary/aromatic N) is 3. The molecule has 126 valence electrons. The van der Waals surface area contributed by atoms with Crippen molar-refractivity contribution in [2.75, 3.05) is 18.0 Å². The Balaban J connectivity index is 1.63. The number of carbonyl (C=O) groups excluding carboxylic acids is 1. The fourth-order valence-electron chi connectivity index (χ4n) is 2.85. The summed E-state index contributed by atoms with van der Waals surface area (Å²) in [7, 11) is 0. The highest BCUT2D eigenvalue weighted by Gasteiger charge is 2.26. The van der Waals surface area contributed by atoms with Crippen molar-refractivity contribution < 1.29 is 9.90 Å². The van der Waals surface area contributed by atoms with Crippen LogP contribution in [0.5, 0.6) is 0 Å². The molecule has 1 aromatic heterocycles. The first kappa shape index (κ1) is 16.7. The van der Waals surface area contributed by atoms with Gasteiger partial charge in [0.25, 0.3) is 5.91 Å². The molecule has 0 aliphatic carbocycles. The summed E-state index contributed by atoms with van der Waals surface area (Å²) in [6, 6.07) is 8.52. The summed E-state index contributed by atoms with van der Waals surface area (Å²) in [6.07, 6.45) is 3.90. The monoisotopic (exact) mass is 346 g/mol. The van der Waals surface area contributed by atoms with Crippen LogP contribution in [0.25, 0.3) is 0 Å². The summed E-state index contributed by atoms with van der Waals surface area (Å²) in [4.78, 5) is 22.9. The smallest absolute Gasteiger partial charge is 0.253 e. The first-order valence-electron chi connectivity index (χ1n) is 7.90. The molecule has 3 rings (SSSR count). The molecule has 2 heterocycles. The lowest BCUT2D eigenvalue weighted by atomic mass is 10.0. The van der Waals surface area contributed by atoms with E-state index in [1.807, 2.05) is 4.90 Å². The van der Waals surface area contributed by atoms with E-state index in [9.17, 15) is 9.90 Å². The van der Waals surface area contributed by atoms with E-state index in [1.165, 1.54) is 0 Å². The third kappa shape index (κ3) is 3.83. The minimum atomic E-state index is -1.28. The molecule has 6 nitrogen and oxygen atoms in total. The second kappa shape index (κ2) is 7.59. The molecule has 24 heavy (non-hydrogen) atoms. The number of carbonyl (C=O) groups is 1. The molecule has 1 saturated heterocycles. The number of aliphatic hydroxyl groups is 1. The average Bonchev–Trinajstić information content (AvgIpc) is 2.62. The molecule has 2 N–H and O–H groups in total. The number of aliphatic hydroxyl groups excluding tert-OH is 1. The van der Waals surface area contributed by atoms with E-state index in [0.29, 0.717) is 23.1 Å². The summed E-state index contributed by atoms with van der Waals surface area (Å²) in [5, 5.41) is 13.5. The molecule has 1 amide bonds. The molecular formula is C17H19ClN4O2. The fourth-order valence-corrected chi connectivity index (χ4v) is 3.09. The van der Waals surface area contributed by atoms with Crippen LogP contribution in [0, 0.1) is 0 Å². The highest BCUT2D eigenvalue weighted by Crippen LogP contribution is 2.23. The molecule has 0 spiro atoms. The van der Waals surface area contributed by atoms with Gasteiger partial charge in [-0.05, 0) is 25.0 Å². The van der Waals surface area contributed by atoms with Crippen molar-refractivity contribution in [1.82, 2.24) is 15.3 Å². The van der Waals surface area contributed by atoms with Crippen LogP contribution in [-0.2, 0) is 4.79 Å². The van der Waals surface area contributed by atoms with Crippen LogP contribution in [0.1, 0.15) is 24.5 Å². The third-order valence-electron chi connectivity index (χ3n) is 4.05. The van der Waals surface area contributed by atoms with Gasteiger partial charge in [0.15, 0.2) is 6.10 Å². The van der Waals surface area contributed by atoms with Crippen molar-refractivity contribution in [2.24, 2.45) is 0 Å². The van der Waals surface area contributed by atoms with Crippen LogP contribution in [0.3, 0.4) is 0 Å². The van der Waals surface area contributed by atoms with Gasteiger partial charge in [-0.3, -0.25) is 4.79 Å². The molecule has 0 radical (unpaired) electrons. The van der Waals surface area contributed by atoms with Crippen LogP contribution in [0.4, 0.5) is 5.95 Å². The van der Waals surface area contributed by atoms with Crippen molar-refractivity contribution in [3.8, 4) is 0 Å². The molecule has 1 fully saturated rings. The Morgan fingerprint density at radius 2 is 2.04 bits per heavy atom. The zero-order valence-corrected chi connectivity index (χ0v) is 13.9. The number of anilines is 1. The SMILES string of the molecule is O=C(N[C@H]1CCCN(c2ncccn2)C1)[C@H](O)c1ccccc1Cl. The van der Waals surface area contributed by atoms with Gasteiger partial charge in [0.1, 0.15) is 0 Å². The Bertz CT molecular complexity index is 698. The lowest BCUT2D eigenvalue weighted by Gasteiger charge is -2.33. The van der Waals surface area contributed by atoms with E-state index >= 15 is 0 Å². The highest BCUT2D eigenvalue weighted by atomic mass is 35.5. The van der Waals surface area contributed by atoms with E-state index in [4.69, 9.17) is 11.6 Å². The molecule has 2 aromatic rings. The zero-order chi connectivity index (χ0) is 16.9. The van der Waals surface area contributed by atoms with Crippen LogP contribution < -0.4 is 10.2 Å². The van der Waals surface area contributed by atoms with E-state index in [-0.39, 0.29) is 6.04 Å². The van der Waals surface area contributed by atoms with Gasteiger partial charge in [-0.25, -0.2) is 9.97 Å². The summed E-state index contributed by atoms with van der Waals surface area (Å²) >= 11 is 6.04. The topological polar surface area (TPSA) is 78.4 Å². The van der Waals surface area contributed by atoms with Crippen molar-refractivity contribution in [3.63, 3.8) is 0 Å². The van der Waals surface area contributed by atoms with Gasteiger partial charge in [-0.15, -0.1) is 0 Å². The normalized spacial score (nSPS) is 18.9. The number of rotatable bonds is 4. The number of nitrogens with one attached hydrogen (secondary N) is 1. The third-order valence-corrected chi connectivity index (χ3v) is 4.40. The van der Waals surface area contributed by atoms with Crippen molar-refractivity contribution >= 4 is 23.5 Å². The Hall–Kier alpha value is -2.18. The summed E-state index contributed by atoms with van der Waals surface area (Å²) in [5.41, 5.74) is 0.413. The van der Waals surface area contributed by atoms with Gasteiger partial charge in [0, 0.05) is 42.1 Å². The summed E-state index contributed by atoms with van der Waals surface area (Å²) < 4.78 is 0. The molecule has 1 aromatic carbocycles. The van der Waals surface area contributed by atoms with E-state index in [1.54, 1.807) is 42.7 Å². The number of piperidine rings is 1. The molecule has 1 aliphatic rings. The maximum Gasteiger partial charge on any atom is 0.253 e. The Kier molecular flexibility index (Phi) is 5.27. The molecule has 0 saturated carbocycles. The average molecular weight is 347 g/mol. The van der Waals surface area contributed by atoms with Crippen LogP contribution in [0.15, 0.2) is 42.7 Å².